The van der Waals surface area contributed by atoms with Crippen molar-refractivity contribution in [2.75, 3.05) is 6.54 Å². The Hall–Kier alpha value is -0.570. The van der Waals surface area contributed by atoms with Gasteiger partial charge in [-0.25, -0.2) is 0 Å². The smallest absolute Gasteiger partial charge is 0.320 e. The number of carbonyl (C=O) groups is 1. The molecule has 0 aliphatic rings. The third kappa shape index (κ3) is 9.97. The fourth-order valence-electron chi connectivity index (χ4n) is 1.66. The number of nitrogens with one attached hydrogen (secondary N) is 1. The fraction of sp³-hybridized carbons (Fsp3) is 0.923. The molecule has 0 saturated heterocycles. The van der Waals surface area contributed by atoms with E-state index >= 15 is 0 Å². The van der Waals surface area contributed by atoms with E-state index in [9.17, 15) is 4.79 Å². The monoisotopic (exact) mass is 229 g/mol. The van der Waals surface area contributed by atoms with Gasteiger partial charge in [0.05, 0.1) is 0 Å². The molecule has 0 aromatic rings. The Bertz CT molecular complexity index is 171. The van der Waals surface area contributed by atoms with Crippen molar-refractivity contribution >= 4 is 5.97 Å². The minimum absolute atomic E-state index is 0.412. The summed E-state index contributed by atoms with van der Waals surface area (Å²) in [6, 6.07) is -0.412. The first-order valence-electron chi connectivity index (χ1n) is 6.64. The molecule has 2 N–H and O–H groups in total. The van der Waals surface area contributed by atoms with Gasteiger partial charge >= 0.3 is 5.97 Å². The van der Waals surface area contributed by atoms with Gasteiger partial charge in [-0.2, -0.15) is 0 Å². The Labute approximate surface area is 99.6 Å². The lowest BCUT2D eigenvalue weighted by Gasteiger charge is -2.08. The number of unbranched alkanes of at least 4 members (excludes halogenated alkanes) is 7. The lowest BCUT2D eigenvalue weighted by atomic mass is 10.1. The van der Waals surface area contributed by atoms with Crippen LogP contribution in [0.5, 0.6) is 0 Å². The molecule has 0 aromatic heterocycles. The predicted molar refractivity (Wildman–Crippen MR) is 67.7 cm³/mol. The van der Waals surface area contributed by atoms with Crippen LogP contribution >= 0.6 is 0 Å². The molecule has 0 amide bonds. The molecule has 0 saturated carbocycles. The van der Waals surface area contributed by atoms with Crippen LogP contribution < -0.4 is 5.32 Å². The molecule has 0 fully saturated rings. The van der Waals surface area contributed by atoms with Gasteiger partial charge in [0.1, 0.15) is 6.04 Å². The highest BCUT2D eigenvalue weighted by Crippen LogP contribution is 2.07. The topological polar surface area (TPSA) is 49.3 Å². The summed E-state index contributed by atoms with van der Waals surface area (Å²) in [5, 5.41) is 11.6. The van der Waals surface area contributed by atoms with E-state index in [0.717, 1.165) is 13.0 Å². The molecule has 0 aliphatic heterocycles. The number of aliphatic carboxylic acids is 1. The maximum atomic E-state index is 10.5. The number of rotatable bonds is 11. The largest absolute Gasteiger partial charge is 0.480 e. The summed E-state index contributed by atoms with van der Waals surface area (Å²) in [7, 11) is 0. The SMILES string of the molecule is CCCCCCCCCCN[C@@H](C)C(=O)O. The minimum atomic E-state index is -0.764. The Kier molecular flexibility index (Phi) is 10.5. The first-order chi connectivity index (χ1) is 7.68. The number of carboxylic acids is 1. The van der Waals surface area contributed by atoms with Crippen molar-refractivity contribution < 1.29 is 9.90 Å². The zero-order valence-corrected chi connectivity index (χ0v) is 10.8. The van der Waals surface area contributed by atoms with Crippen LogP contribution in [0.15, 0.2) is 0 Å². The highest BCUT2D eigenvalue weighted by Gasteiger charge is 2.07. The van der Waals surface area contributed by atoms with Crippen LogP contribution in [0.4, 0.5) is 0 Å². The van der Waals surface area contributed by atoms with Gasteiger partial charge in [0.25, 0.3) is 0 Å². The van der Waals surface area contributed by atoms with E-state index in [4.69, 9.17) is 5.11 Å². The predicted octanol–water partition coefficient (Wildman–Crippen LogP) is 3.19. The molecule has 3 nitrogen and oxygen atoms in total. The van der Waals surface area contributed by atoms with Crippen molar-refractivity contribution in [2.45, 2.75) is 71.3 Å². The molecule has 96 valence electrons. The summed E-state index contributed by atoms with van der Waals surface area (Å²) >= 11 is 0. The quantitative estimate of drug-likeness (QED) is 0.535. The average molecular weight is 229 g/mol. The Morgan fingerprint density at radius 1 is 1.06 bits per heavy atom. The zero-order valence-electron chi connectivity index (χ0n) is 10.8. The molecule has 0 spiro atoms. The zero-order chi connectivity index (χ0) is 12.2. The van der Waals surface area contributed by atoms with Crippen molar-refractivity contribution in [3.8, 4) is 0 Å². The molecule has 0 unspecified atom stereocenters. The highest BCUT2D eigenvalue weighted by molar-refractivity contribution is 5.72. The van der Waals surface area contributed by atoms with Crippen LogP contribution in [-0.2, 0) is 4.79 Å². The Morgan fingerprint density at radius 3 is 2.06 bits per heavy atom. The number of carboxylic acid groups (broad SMARTS) is 1. The molecule has 16 heavy (non-hydrogen) atoms. The number of hydrogen-bond donors (Lipinski definition) is 2. The normalized spacial score (nSPS) is 12.6. The summed E-state index contributed by atoms with van der Waals surface area (Å²) in [5.74, 6) is -0.764. The average Bonchev–Trinajstić information content (AvgIpc) is 2.26. The second kappa shape index (κ2) is 10.9. The molecule has 0 aromatic carbocycles. The van der Waals surface area contributed by atoms with Crippen LogP contribution in [0.3, 0.4) is 0 Å². The van der Waals surface area contributed by atoms with E-state index in [0.29, 0.717) is 0 Å². The van der Waals surface area contributed by atoms with E-state index in [1.54, 1.807) is 6.92 Å². The molecular weight excluding hydrogens is 202 g/mol. The Morgan fingerprint density at radius 2 is 1.56 bits per heavy atom. The summed E-state index contributed by atoms with van der Waals surface area (Å²) in [6.45, 7) is 4.74. The Balaban J connectivity index is 3.07. The van der Waals surface area contributed by atoms with Gasteiger partial charge in [0.15, 0.2) is 0 Å². The van der Waals surface area contributed by atoms with Crippen molar-refractivity contribution in [3.63, 3.8) is 0 Å². The fourth-order valence-corrected chi connectivity index (χ4v) is 1.66. The molecule has 1 atom stereocenters. The maximum absolute atomic E-state index is 10.5. The van der Waals surface area contributed by atoms with Crippen LogP contribution in [0, 0.1) is 0 Å². The highest BCUT2D eigenvalue weighted by atomic mass is 16.4. The van der Waals surface area contributed by atoms with Gasteiger partial charge in [-0.15, -0.1) is 0 Å². The summed E-state index contributed by atoms with van der Waals surface area (Å²) < 4.78 is 0. The molecule has 0 rings (SSSR count). The second-order valence-electron chi connectivity index (χ2n) is 4.49. The molecule has 0 aliphatic carbocycles. The van der Waals surface area contributed by atoms with E-state index in [-0.39, 0.29) is 0 Å². The van der Waals surface area contributed by atoms with Crippen molar-refractivity contribution in [1.82, 2.24) is 5.32 Å². The molecule has 0 heterocycles. The first-order valence-corrected chi connectivity index (χ1v) is 6.64. The third-order valence-corrected chi connectivity index (χ3v) is 2.85. The van der Waals surface area contributed by atoms with Crippen LogP contribution in [0.25, 0.3) is 0 Å². The summed E-state index contributed by atoms with van der Waals surface area (Å²) in [6.07, 6.45) is 10.3. The third-order valence-electron chi connectivity index (χ3n) is 2.85. The van der Waals surface area contributed by atoms with Gasteiger partial charge in [-0.1, -0.05) is 51.9 Å². The first kappa shape index (κ1) is 15.4. The van der Waals surface area contributed by atoms with Crippen LogP contribution in [0.2, 0.25) is 0 Å². The van der Waals surface area contributed by atoms with Gasteiger partial charge in [0, 0.05) is 0 Å². The van der Waals surface area contributed by atoms with Gasteiger partial charge < -0.3 is 10.4 Å². The maximum Gasteiger partial charge on any atom is 0.320 e. The minimum Gasteiger partial charge on any atom is -0.480 e. The summed E-state index contributed by atoms with van der Waals surface area (Å²) in [5.41, 5.74) is 0. The standard InChI is InChI=1S/C13H27NO2/c1-3-4-5-6-7-8-9-10-11-14-12(2)13(15)16/h12,14H,3-11H2,1-2H3,(H,15,16)/t12-/m0/s1. The van der Waals surface area contributed by atoms with Gasteiger partial charge in [0.2, 0.25) is 0 Å². The van der Waals surface area contributed by atoms with Crippen LogP contribution in [-0.4, -0.2) is 23.7 Å². The lowest BCUT2D eigenvalue weighted by Crippen LogP contribution is -2.34. The van der Waals surface area contributed by atoms with Gasteiger partial charge in [-0.05, 0) is 19.9 Å². The van der Waals surface area contributed by atoms with E-state index in [1.807, 2.05) is 0 Å². The second-order valence-corrected chi connectivity index (χ2v) is 4.49. The van der Waals surface area contributed by atoms with E-state index in [2.05, 4.69) is 12.2 Å². The number of hydrogen-bond acceptors (Lipinski definition) is 2. The van der Waals surface area contributed by atoms with Crippen molar-refractivity contribution in [3.05, 3.63) is 0 Å². The summed E-state index contributed by atoms with van der Waals surface area (Å²) in [4.78, 5) is 10.5. The van der Waals surface area contributed by atoms with Gasteiger partial charge in [-0.3, -0.25) is 4.79 Å². The van der Waals surface area contributed by atoms with E-state index in [1.165, 1.54) is 44.9 Å². The lowest BCUT2D eigenvalue weighted by molar-refractivity contribution is -0.138. The molecular formula is C13H27NO2. The van der Waals surface area contributed by atoms with Crippen molar-refractivity contribution in [2.24, 2.45) is 0 Å². The molecule has 0 radical (unpaired) electrons. The molecule has 0 bridgehead atoms. The van der Waals surface area contributed by atoms with Crippen molar-refractivity contribution in [1.29, 1.82) is 0 Å². The van der Waals surface area contributed by atoms with Crippen LogP contribution in [0.1, 0.15) is 65.2 Å². The molecule has 3 heteroatoms. The van der Waals surface area contributed by atoms with E-state index < -0.39 is 12.0 Å².